The molecule has 0 aliphatic heterocycles. The van der Waals surface area contributed by atoms with Gasteiger partial charge in [0.2, 0.25) is 0 Å². The molecule has 0 radical (unpaired) electrons. The predicted molar refractivity (Wildman–Crippen MR) is 97.9 cm³/mol. The van der Waals surface area contributed by atoms with E-state index in [1.807, 2.05) is 20.8 Å². The average molecular weight is 438 g/mol. The Labute approximate surface area is 154 Å². The van der Waals surface area contributed by atoms with E-state index >= 15 is 0 Å². The molecule has 8 heteroatoms. The second-order valence-corrected chi connectivity index (χ2v) is 9.27. The van der Waals surface area contributed by atoms with Crippen LogP contribution in [-0.4, -0.2) is 13.4 Å². The summed E-state index contributed by atoms with van der Waals surface area (Å²) in [6.45, 7) is 5.90. The van der Waals surface area contributed by atoms with Gasteiger partial charge in [-0.15, -0.1) is 0 Å². The standard InChI is InChI=1S/C15H15BrCl2N2O2S/c1-15(2,3)11-7-10(4-5-12(11)18)23(21,22)20-13-6-9(17)8-19-14(13)16/h4-8,20H,1-3H3. The maximum absolute atomic E-state index is 12.6. The van der Waals surface area contributed by atoms with Crippen LogP contribution in [0.3, 0.4) is 0 Å². The first-order valence-electron chi connectivity index (χ1n) is 6.64. The first-order chi connectivity index (χ1) is 10.5. The first-order valence-corrected chi connectivity index (χ1v) is 9.68. The average Bonchev–Trinajstić information content (AvgIpc) is 2.41. The molecule has 124 valence electrons. The Bertz CT molecular complexity index is 849. The van der Waals surface area contributed by atoms with Crippen molar-refractivity contribution in [3.05, 3.63) is 50.7 Å². The fourth-order valence-corrected chi connectivity index (χ4v) is 4.03. The summed E-state index contributed by atoms with van der Waals surface area (Å²) < 4.78 is 28.1. The summed E-state index contributed by atoms with van der Waals surface area (Å²) in [5.41, 5.74) is 0.746. The van der Waals surface area contributed by atoms with E-state index in [1.165, 1.54) is 18.3 Å². The van der Waals surface area contributed by atoms with Gasteiger partial charge in [-0.1, -0.05) is 44.0 Å². The van der Waals surface area contributed by atoms with Gasteiger partial charge in [0.15, 0.2) is 0 Å². The number of anilines is 1. The van der Waals surface area contributed by atoms with Crippen LogP contribution in [0.1, 0.15) is 26.3 Å². The van der Waals surface area contributed by atoms with Crippen molar-refractivity contribution in [2.75, 3.05) is 4.72 Å². The molecule has 1 N–H and O–H groups in total. The highest BCUT2D eigenvalue weighted by molar-refractivity contribution is 9.10. The summed E-state index contributed by atoms with van der Waals surface area (Å²) in [7, 11) is -3.79. The molecule has 0 atom stereocenters. The van der Waals surface area contributed by atoms with Crippen LogP contribution in [0.25, 0.3) is 0 Å². The third kappa shape index (κ3) is 4.38. The van der Waals surface area contributed by atoms with Crippen molar-refractivity contribution in [1.29, 1.82) is 0 Å². The SMILES string of the molecule is CC(C)(C)c1cc(S(=O)(=O)Nc2cc(Cl)cnc2Br)ccc1Cl. The second-order valence-electron chi connectivity index (χ2n) is 5.99. The van der Waals surface area contributed by atoms with Crippen molar-refractivity contribution in [2.24, 2.45) is 0 Å². The number of aromatic nitrogens is 1. The van der Waals surface area contributed by atoms with E-state index in [1.54, 1.807) is 12.1 Å². The minimum absolute atomic E-state index is 0.124. The lowest BCUT2D eigenvalue weighted by Gasteiger charge is -2.21. The first kappa shape index (κ1) is 18.5. The largest absolute Gasteiger partial charge is 0.277 e. The molecule has 1 aromatic heterocycles. The number of benzene rings is 1. The summed E-state index contributed by atoms with van der Waals surface area (Å²) >= 11 is 15.2. The number of pyridine rings is 1. The molecule has 2 rings (SSSR count). The molecule has 0 aliphatic rings. The van der Waals surface area contributed by atoms with Crippen LogP contribution in [0, 0.1) is 0 Å². The van der Waals surface area contributed by atoms with E-state index < -0.39 is 10.0 Å². The van der Waals surface area contributed by atoms with Crippen molar-refractivity contribution in [2.45, 2.75) is 31.1 Å². The van der Waals surface area contributed by atoms with E-state index in [4.69, 9.17) is 23.2 Å². The minimum atomic E-state index is -3.79. The molecule has 0 fully saturated rings. The number of rotatable bonds is 3. The topological polar surface area (TPSA) is 59.1 Å². The number of nitrogens with one attached hydrogen (secondary N) is 1. The summed E-state index contributed by atoms with van der Waals surface area (Å²) in [5.74, 6) is 0. The Balaban J connectivity index is 2.46. The van der Waals surface area contributed by atoms with Crippen molar-refractivity contribution in [1.82, 2.24) is 4.98 Å². The molecule has 0 spiro atoms. The Morgan fingerprint density at radius 1 is 1.17 bits per heavy atom. The molecule has 2 aromatic rings. The number of hydrogen-bond acceptors (Lipinski definition) is 3. The highest BCUT2D eigenvalue weighted by Crippen LogP contribution is 2.32. The molecular formula is C15H15BrCl2N2O2S. The summed E-state index contributed by atoms with van der Waals surface area (Å²) in [6.07, 6.45) is 1.42. The predicted octanol–water partition coefficient (Wildman–Crippen LogP) is 5.25. The van der Waals surface area contributed by atoms with Crippen LogP contribution >= 0.6 is 39.1 Å². The molecule has 0 bridgehead atoms. The molecule has 0 amide bonds. The van der Waals surface area contributed by atoms with Gasteiger partial charge in [0.1, 0.15) is 4.60 Å². The number of halogens is 3. The van der Waals surface area contributed by atoms with Crippen LogP contribution in [0.5, 0.6) is 0 Å². The third-order valence-corrected chi connectivity index (χ3v) is 5.64. The zero-order chi connectivity index (χ0) is 17.4. The van der Waals surface area contributed by atoms with Gasteiger partial charge in [-0.3, -0.25) is 4.72 Å². The van der Waals surface area contributed by atoms with Crippen LogP contribution < -0.4 is 4.72 Å². The van der Waals surface area contributed by atoms with Crippen LogP contribution in [-0.2, 0) is 15.4 Å². The fraction of sp³-hybridized carbons (Fsp3) is 0.267. The summed E-state index contributed by atoms with van der Waals surface area (Å²) in [5, 5.41) is 0.861. The highest BCUT2D eigenvalue weighted by atomic mass is 79.9. The maximum atomic E-state index is 12.6. The van der Waals surface area contributed by atoms with Crippen LogP contribution in [0.4, 0.5) is 5.69 Å². The third-order valence-electron chi connectivity index (χ3n) is 3.11. The quantitative estimate of drug-likeness (QED) is 0.667. The van der Waals surface area contributed by atoms with E-state index in [2.05, 4.69) is 25.6 Å². The summed E-state index contributed by atoms with van der Waals surface area (Å²) in [6, 6.07) is 6.11. The van der Waals surface area contributed by atoms with E-state index in [0.29, 0.717) is 14.6 Å². The van der Waals surface area contributed by atoms with Gasteiger partial charge in [0, 0.05) is 11.2 Å². The Kier molecular flexibility index (Phi) is 5.31. The van der Waals surface area contributed by atoms with Gasteiger partial charge in [-0.05, 0) is 51.2 Å². The molecule has 0 saturated carbocycles. The molecule has 1 aromatic carbocycles. The molecule has 23 heavy (non-hydrogen) atoms. The van der Waals surface area contributed by atoms with E-state index in [0.717, 1.165) is 5.56 Å². The number of sulfonamides is 1. The molecule has 0 aliphatic carbocycles. The Morgan fingerprint density at radius 2 is 1.83 bits per heavy atom. The lowest BCUT2D eigenvalue weighted by Crippen LogP contribution is -2.17. The smallest absolute Gasteiger partial charge is 0.261 e. The van der Waals surface area contributed by atoms with E-state index in [-0.39, 0.29) is 16.0 Å². The van der Waals surface area contributed by atoms with Gasteiger partial charge < -0.3 is 0 Å². The van der Waals surface area contributed by atoms with Gasteiger partial charge in [0.05, 0.1) is 15.6 Å². The summed E-state index contributed by atoms with van der Waals surface area (Å²) in [4.78, 5) is 4.09. The van der Waals surface area contributed by atoms with Gasteiger partial charge in [-0.25, -0.2) is 13.4 Å². The molecule has 0 unspecified atom stereocenters. The van der Waals surface area contributed by atoms with Gasteiger partial charge in [0.25, 0.3) is 10.0 Å². The fourth-order valence-electron chi connectivity index (χ4n) is 1.94. The molecular weight excluding hydrogens is 423 g/mol. The lowest BCUT2D eigenvalue weighted by atomic mass is 9.87. The molecule has 1 heterocycles. The zero-order valence-electron chi connectivity index (χ0n) is 12.7. The van der Waals surface area contributed by atoms with Crippen molar-refractivity contribution in [3.8, 4) is 0 Å². The van der Waals surface area contributed by atoms with E-state index in [9.17, 15) is 8.42 Å². The molecule has 0 saturated heterocycles. The minimum Gasteiger partial charge on any atom is -0.277 e. The van der Waals surface area contributed by atoms with Gasteiger partial charge in [-0.2, -0.15) is 0 Å². The number of nitrogens with zero attached hydrogens (tertiary/aromatic N) is 1. The van der Waals surface area contributed by atoms with Crippen molar-refractivity contribution < 1.29 is 8.42 Å². The Morgan fingerprint density at radius 3 is 2.43 bits per heavy atom. The lowest BCUT2D eigenvalue weighted by molar-refractivity contribution is 0.585. The normalized spacial score (nSPS) is 12.3. The zero-order valence-corrected chi connectivity index (χ0v) is 16.6. The van der Waals surface area contributed by atoms with Crippen molar-refractivity contribution in [3.63, 3.8) is 0 Å². The van der Waals surface area contributed by atoms with Crippen LogP contribution in [0.15, 0.2) is 40.0 Å². The number of hydrogen-bond donors (Lipinski definition) is 1. The molecule has 4 nitrogen and oxygen atoms in total. The van der Waals surface area contributed by atoms with Gasteiger partial charge >= 0.3 is 0 Å². The van der Waals surface area contributed by atoms with Crippen molar-refractivity contribution >= 4 is 54.8 Å². The monoisotopic (exact) mass is 436 g/mol. The highest BCUT2D eigenvalue weighted by Gasteiger charge is 2.22. The maximum Gasteiger partial charge on any atom is 0.261 e. The Hall–Kier alpha value is -0.820. The van der Waals surface area contributed by atoms with Crippen LogP contribution in [0.2, 0.25) is 10.0 Å². The second kappa shape index (κ2) is 6.59.